The number of para-hydroxylation sites is 1. The van der Waals surface area contributed by atoms with Gasteiger partial charge >= 0.3 is 0 Å². The lowest BCUT2D eigenvalue weighted by molar-refractivity contribution is 0.0905. The largest absolute Gasteiger partial charge is 0.340 e. The van der Waals surface area contributed by atoms with Crippen LogP contribution in [0.4, 0.5) is 0 Å². The zero-order valence-corrected chi connectivity index (χ0v) is 16.0. The molecule has 3 aromatic rings. The minimum Gasteiger partial charge on any atom is -0.340 e. The zero-order chi connectivity index (χ0) is 19.6. The second kappa shape index (κ2) is 7.51. The summed E-state index contributed by atoms with van der Waals surface area (Å²) in [7, 11) is 0. The summed E-state index contributed by atoms with van der Waals surface area (Å²) in [6.07, 6.45) is 5.51. The van der Waals surface area contributed by atoms with E-state index < -0.39 is 5.54 Å². The van der Waals surface area contributed by atoms with E-state index in [4.69, 9.17) is 0 Å². The molecule has 2 aromatic heterocycles. The van der Waals surface area contributed by atoms with Crippen LogP contribution in [0.15, 0.2) is 42.7 Å². The van der Waals surface area contributed by atoms with Gasteiger partial charge in [0.05, 0.1) is 29.7 Å². The lowest BCUT2D eigenvalue weighted by atomic mass is 10.0. The molecule has 28 heavy (non-hydrogen) atoms. The normalized spacial score (nSPS) is 15.5. The van der Waals surface area contributed by atoms with E-state index >= 15 is 0 Å². The van der Waals surface area contributed by atoms with Gasteiger partial charge in [-0.2, -0.15) is 0 Å². The molecular weight excluding hydrogens is 356 g/mol. The zero-order valence-electron chi connectivity index (χ0n) is 16.0. The third kappa shape index (κ3) is 3.79. The van der Waals surface area contributed by atoms with Crippen LogP contribution in [0.3, 0.4) is 0 Å². The third-order valence-corrected chi connectivity index (χ3v) is 5.01. The van der Waals surface area contributed by atoms with Crippen molar-refractivity contribution in [2.24, 2.45) is 0 Å². The van der Waals surface area contributed by atoms with E-state index in [9.17, 15) is 4.79 Å². The van der Waals surface area contributed by atoms with Crippen LogP contribution in [0.2, 0.25) is 0 Å². The lowest BCUT2D eigenvalue weighted by Crippen LogP contribution is -2.41. The van der Waals surface area contributed by atoms with E-state index in [-0.39, 0.29) is 11.9 Å². The third-order valence-electron chi connectivity index (χ3n) is 5.01. The molecule has 1 fully saturated rings. The van der Waals surface area contributed by atoms with Crippen molar-refractivity contribution >= 4 is 5.91 Å². The molecule has 1 aliphatic heterocycles. The lowest BCUT2D eigenvalue weighted by Gasteiger charge is -2.23. The van der Waals surface area contributed by atoms with Crippen LogP contribution in [-0.4, -0.2) is 49.0 Å². The number of carbonyl (C=O) groups excluding carboxylic acids is 1. The monoisotopic (exact) mass is 380 g/mol. The summed E-state index contributed by atoms with van der Waals surface area (Å²) in [5.74, 6) is -0.278. The number of nitrogens with zero attached hydrogens (tertiary/aromatic N) is 6. The topological polar surface area (TPSA) is 103 Å². The van der Waals surface area contributed by atoms with Crippen molar-refractivity contribution in [1.82, 2.24) is 40.6 Å². The fourth-order valence-electron chi connectivity index (χ4n) is 3.30. The van der Waals surface area contributed by atoms with Crippen molar-refractivity contribution in [3.8, 4) is 5.69 Å². The molecule has 0 radical (unpaired) electrons. The molecule has 1 saturated heterocycles. The van der Waals surface area contributed by atoms with E-state index in [0.717, 1.165) is 31.6 Å². The van der Waals surface area contributed by atoms with Gasteiger partial charge in [0.15, 0.2) is 5.69 Å². The maximum atomic E-state index is 12.7. The Morgan fingerprint density at radius 3 is 2.61 bits per heavy atom. The number of rotatable bonds is 5. The van der Waals surface area contributed by atoms with Gasteiger partial charge in [-0.15, -0.1) is 10.2 Å². The van der Waals surface area contributed by atoms with Crippen LogP contribution < -0.4 is 10.6 Å². The molecule has 0 aliphatic carbocycles. The molecule has 1 aliphatic rings. The first-order valence-electron chi connectivity index (χ1n) is 9.46. The van der Waals surface area contributed by atoms with Crippen LogP contribution in [0.1, 0.15) is 48.9 Å². The van der Waals surface area contributed by atoms with E-state index in [1.165, 1.54) is 0 Å². The summed E-state index contributed by atoms with van der Waals surface area (Å²) in [4.78, 5) is 12.7. The number of aromatic nitrogens is 6. The predicted octanol–water partition coefficient (Wildman–Crippen LogP) is 1.45. The molecule has 9 heteroatoms. The summed E-state index contributed by atoms with van der Waals surface area (Å²) in [5.41, 5.74) is 1.17. The van der Waals surface area contributed by atoms with Gasteiger partial charge in [-0.05, 0) is 51.9 Å². The van der Waals surface area contributed by atoms with Crippen molar-refractivity contribution in [3.63, 3.8) is 0 Å². The van der Waals surface area contributed by atoms with Gasteiger partial charge in [0.25, 0.3) is 5.91 Å². The van der Waals surface area contributed by atoms with Gasteiger partial charge in [-0.25, -0.2) is 9.36 Å². The average molecular weight is 380 g/mol. The number of carbonyl (C=O) groups is 1. The maximum absolute atomic E-state index is 12.7. The molecule has 4 rings (SSSR count). The van der Waals surface area contributed by atoms with Crippen molar-refractivity contribution < 1.29 is 4.79 Å². The van der Waals surface area contributed by atoms with Crippen LogP contribution in [0.5, 0.6) is 0 Å². The highest BCUT2D eigenvalue weighted by atomic mass is 16.2. The molecule has 0 bridgehead atoms. The highest BCUT2D eigenvalue weighted by Gasteiger charge is 2.28. The van der Waals surface area contributed by atoms with Gasteiger partial charge in [-0.1, -0.05) is 28.6 Å². The van der Waals surface area contributed by atoms with Gasteiger partial charge < -0.3 is 10.6 Å². The van der Waals surface area contributed by atoms with Crippen LogP contribution in [0, 0.1) is 0 Å². The smallest absolute Gasteiger partial charge is 0.274 e. The minimum absolute atomic E-state index is 0.278. The molecule has 9 nitrogen and oxygen atoms in total. The highest BCUT2D eigenvalue weighted by Crippen LogP contribution is 2.20. The summed E-state index contributed by atoms with van der Waals surface area (Å²) in [6, 6.07) is 10.0. The Kier molecular flexibility index (Phi) is 4.91. The Bertz CT molecular complexity index is 940. The Labute approximate surface area is 163 Å². The van der Waals surface area contributed by atoms with Crippen molar-refractivity contribution in [2.75, 3.05) is 13.1 Å². The molecule has 3 heterocycles. The van der Waals surface area contributed by atoms with Crippen LogP contribution >= 0.6 is 0 Å². The second-order valence-electron chi connectivity index (χ2n) is 7.53. The van der Waals surface area contributed by atoms with E-state index in [1.807, 2.05) is 50.4 Å². The SMILES string of the molecule is CC(C)(NC(=O)c1cn(C2CCNCC2)nn1)c1cn(-c2ccccc2)nn1. The van der Waals surface area contributed by atoms with E-state index in [0.29, 0.717) is 11.4 Å². The van der Waals surface area contributed by atoms with Crippen LogP contribution in [-0.2, 0) is 5.54 Å². The van der Waals surface area contributed by atoms with Crippen LogP contribution in [0.25, 0.3) is 5.69 Å². The fourth-order valence-corrected chi connectivity index (χ4v) is 3.30. The Hall–Kier alpha value is -3.07. The molecule has 0 atom stereocenters. The number of hydrogen-bond acceptors (Lipinski definition) is 6. The summed E-state index contributed by atoms with van der Waals surface area (Å²) in [5, 5.41) is 22.9. The number of benzene rings is 1. The van der Waals surface area contributed by atoms with Gasteiger partial charge in [0.2, 0.25) is 0 Å². The maximum Gasteiger partial charge on any atom is 0.274 e. The molecule has 2 N–H and O–H groups in total. The van der Waals surface area contributed by atoms with Crippen molar-refractivity contribution in [2.45, 2.75) is 38.3 Å². The van der Waals surface area contributed by atoms with Gasteiger partial charge in [0, 0.05) is 0 Å². The summed E-state index contributed by atoms with van der Waals surface area (Å²) in [6.45, 7) is 5.69. The number of hydrogen-bond donors (Lipinski definition) is 2. The van der Waals surface area contributed by atoms with Crippen molar-refractivity contribution in [1.29, 1.82) is 0 Å². The highest BCUT2D eigenvalue weighted by molar-refractivity contribution is 5.92. The first-order valence-corrected chi connectivity index (χ1v) is 9.46. The molecular formula is C19H24N8O. The summed E-state index contributed by atoms with van der Waals surface area (Å²) < 4.78 is 3.49. The fraction of sp³-hybridized carbons (Fsp3) is 0.421. The molecule has 0 unspecified atom stereocenters. The quantitative estimate of drug-likeness (QED) is 0.695. The van der Waals surface area contributed by atoms with E-state index in [2.05, 4.69) is 31.3 Å². The predicted molar refractivity (Wildman–Crippen MR) is 103 cm³/mol. The molecule has 146 valence electrons. The minimum atomic E-state index is -0.706. The summed E-state index contributed by atoms with van der Waals surface area (Å²) >= 11 is 0. The molecule has 1 amide bonds. The Morgan fingerprint density at radius 1 is 1.11 bits per heavy atom. The molecule has 0 saturated carbocycles. The van der Waals surface area contributed by atoms with Gasteiger partial charge in [-0.3, -0.25) is 4.79 Å². The number of piperidine rings is 1. The van der Waals surface area contributed by atoms with Gasteiger partial charge in [0.1, 0.15) is 5.69 Å². The average Bonchev–Trinajstić information content (AvgIpc) is 3.40. The number of nitrogens with one attached hydrogen (secondary N) is 2. The molecule has 0 spiro atoms. The Balaban J connectivity index is 1.46. The van der Waals surface area contributed by atoms with E-state index in [1.54, 1.807) is 15.6 Å². The van der Waals surface area contributed by atoms with Crippen molar-refractivity contribution in [3.05, 3.63) is 54.1 Å². The number of amides is 1. The Morgan fingerprint density at radius 2 is 1.86 bits per heavy atom. The first kappa shape index (κ1) is 18.3. The first-order chi connectivity index (χ1) is 13.5. The molecule has 1 aromatic carbocycles. The second-order valence-corrected chi connectivity index (χ2v) is 7.53. The standard InChI is InChI=1S/C19H24N8O/c1-19(2,17-13-27(25-23-17)14-6-4-3-5-7-14)21-18(28)16-12-26(24-22-16)15-8-10-20-11-9-15/h3-7,12-13,15,20H,8-11H2,1-2H3,(H,21,28).